The number of hydrogen-bond donors (Lipinski definition) is 3. The monoisotopic (exact) mass is 267 g/mol. The number of aliphatic hydroxyl groups excluding tert-OH is 1. The lowest BCUT2D eigenvalue weighted by molar-refractivity contribution is -0.116. The fourth-order valence-corrected chi connectivity index (χ4v) is 1.95. The summed E-state index contributed by atoms with van der Waals surface area (Å²) < 4.78 is 0. The van der Waals surface area contributed by atoms with E-state index in [0.29, 0.717) is 6.42 Å². The Balaban J connectivity index is 2.26. The third kappa shape index (κ3) is 6.07. The number of aliphatic hydroxyl groups is 1. The van der Waals surface area contributed by atoms with E-state index in [9.17, 15) is 4.79 Å². The number of nitrogens with one attached hydrogen (secondary N) is 1. The summed E-state index contributed by atoms with van der Waals surface area (Å²) in [4.78, 5) is 11.7. The largest absolute Gasteiger partial charge is 0.392 e. The highest BCUT2D eigenvalue weighted by molar-refractivity contribution is 7.80. The second-order valence-electron chi connectivity index (χ2n) is 4.29. The van der Waals surface area contributed by atoms with Crippen LogP contribution in [0.4, 0.5) is 5.69 Å². The Morgan fingerprint density at radius 1 is 1.22 bits per heavy atom. The topological polar surface area (TPSA) is 49.3 Å². The first-order chi connectivity index (χ1) is 8.76. The summed E-state index contributed by atoms with van der Waals surface area (Å²) in [5.41, 5.74) is 1.56. The van der Waals surface area contributed by atoms with Gasteiger partial charge in [0.25, 0.3) is 0 Å². The van der Waals surface area contributed by atoms with Crippen LogP contribution in [0.1, 0.15) is 37.7 Å². The van der Waals surface area contributed by atoms with Gasteiger partial charge in [-0.3, -0.25) is 4.79 Å². The van der Waals surface area contributed by atoms with E-state index in [1.807, 2.05) is 18.2 Å². The number of benzene rings is 1. The van der Waals surface area contributed by atoms with E-state index >= 15 is 0 Å². The van der Waals surface area contributed by atoms with Gasteiger partial charge in [-0.05, 0) is 36.3 Å². The summed E-state index contributed by atoms with van der Waals surface area (Å²) in [6.07, 6.45) is 4.79. The van der Waals surface area contributed by atoms with Crippen molar-refractivity contribution in [2.45, 2.75) is 38.7 Å². The standard InChI is InChI=1S/C14H21NO2S/c16-11-12-6-5-7-13(10-12)15-14(17)8-3-1-2-4-9-18/h5-7,10,16,18H,1-4,8-9,11H2,(H,15,17). The summed E-state index contributed by atoms with van der Waals surface area (Å²) in [5.74, 6) is 0.955. The molecule has 0 aliphatic carbocycles. The van der Waals surface area contributed by atoms with Crippen molar-refractivity contribution in [2.24, 2.45) is 0 Å². The number of amides is 1. The van der Waals surface area contributed by atoms with E-state index in [-0.39, 0.29) is 12.5 Å². The van der Waals surface area contributed by atoms with Crippen molar-refractivity contribution in [3.8, 4) is 0 Å². The summed E-state index contributed by atoms with van der Waals surface area (Å²) in [6, 6.07) is 7.28. The van der Waals surface area contributed by atoms with Gasteiger partial charge in [-0.1, -0.05) is 25.0 Å². The van der Waals surface area contributed by atoms with Gasteiger partial charge in [0.15, 0.2) is 0 Å². The van der Waals surface area contributed by atoms with Crippen LogP contribution in [0.3, 0.4) is 0 Å². The van der Waals surface area contributed by atoms with Crippen molar-refractivity contribution in [3.05, 3.63) is 29.8 Å². The Kier molecular flexibility index (Phi) is 7.53. The maximum atomic E-state index is 11.7. The minimum Gasteiger partial charge on any atom is -0.392 e. The molecule has 0 atom stereocenters. The van der Waals surface area contributed by atoms with Gasteiger partial charge in [-0.2, -0.15) is 12.6 Å². The summed E-state index contributed by atoms with van der Waals surface area (Å²) >= 11 is 4.15. The Morgan fingerprint density at radius 3 is 2.72 bits per heavy atom. The minimum absolute atomic E-state index is 0.00651. The van der Waals surface area contributed by atoms with E-state index in [2.05, 4.69) is 17.9 Å². The lowest BCUT2D eigenvalue weighted by Gasteiger charge is -2.06. The number of carbonyl (C=O) groups is 1. The number of anilines is 1. The predicted octanol–water partition coefficient (Wildman–Crippen LogP) is 3.00. The van der Waals surface area contributed by atoms with Crippen molar-refractivity contribution in [3.63, 3.8) is 0 Å². The average Bonchev–Trinajstić information content (AvgIpc) is 2.38. The number of thiol groups is 1. The molecule has 0 saturated heterocycles. The fourth-order valence-electron chi connectivity index (χ4n) is 1.72. The molecule has 0 unspecified atom stereocenters. The van der Waals surface area contributed by atoms with Crippen LogP contribution in [0, 0.1) is 0 Å². The molecule has 18 heavy (non-hydrogen) atoms. The zero-order valence-corrected chi connectivity index (χ0v) is 11.5. The van der Waals surface area contributed by atoms with Gasteiger partial charge in [-0.15, -0.1) is 0 Å². The summed E-state index contributed by atoms with van der Waals surface area (Å²) in [7, 11) is 0. The molecule has 0 fully saturated rings. The molecular formula is C14H21NO2S. The third-order valence-electron chi connectivity index (χ3n) is 2.71. The molecule has 3 nitrogen and oxygen atoms in total. The fraction of sp³-hybridized carbons (Fsp3) is 0.500. The van der Waals surface area contributed by atoms with Crippen LogP contribution in [-0.2, 0) is 11.4 Å². The maximum absolute atomic E-state index is 11.7. The molecule has 0 spiro atoms. The van der Waals surface area contributed by atoms with Crippen molar-refractivity contribution < 1.29 is 9.90 Å². The average molecular weight is 267 g/mol. The lowest BCUT2D eigenvalue weighted by Crippen LogP contribution is -2.11. The van der Waals surface area contributed by atoms with E-state index < -0.39 is 0 Å². The molecule has 0 aromatic heterocycles. The molecule has 100 valence electrons. The van der Waals surface area contributed by atoms with Crippen LogP contribution in [0.25, 0.3) is 0 Å². The maximum Gasteiger partial charge on any atom is 0.224 e. The second-order valence-corrected chi connectivity index (χ2v) is 4.74. The van der Waals surface area contributed by atoms with Crippen molar-refractivity contribution >= 4 is 24.2 Å². The van der Waals surface area contributed by atoms with Gasteiger partial charge < -0.3 is 10.4 Å². The summed E-state index contributed by atoms with van der Waals surface area (Å²) in [5, 5.41) is 11.8. The molecule has 0 radical (unpaired) electrons. The first kappa shape index (κ1) is 15.1. The molecule has 1 rings (SSSR count). The lowest BCUT2D eigenvalue weighted by atomic mass is 10.1. The molecule has 0 saturated carbocycles. The molecule has 0 bridgehead atoms. The number of carbonyl (C=O) groups excluding carboxylic acids is 1. The molecule has 2 N–H and O–H groups in total. The van der Waals surface area contributed by atoms with E-state index in [1.165, 1.54) is 0 Å². The molecule has 0 heterocycles. The van der Waals surface area contributed by atoms with Crippen LogP contribution in [0.15, 0.2) is 24.3 Å². The van der Waals surface area contributed by atoms with Crippen LogP contribution < -0.4 is 5.32 Å². The molecule has 1 aromatic carbocycles. The first-order valence-corrected chi connectivity index (χ1v) is 7.00. The summed E-state index contributed by atoms with van der Waals surface area (Å²) in [6.45, 7) is -0.00651. The molecular weight excluding hydrogens is 246 g/mol. The normalized spacial score (nSPS) is 10.3. The number of hydrogen-bond acceptors (Lipinski definition) is 3. The van der Waals surface area contributed by atoms with Crippen molar-refractivity contribution in [1.82, 2.24) is 0 Å². The zero-order valence-electron chi connectivity index (χ0n) is 10.6. The van der Waals surface area contributed by atoms with E-state index in [1.54, 1.807) is 6.07 Å². The van der Waals surface area contributed by atoms with Gasteiger partial charge in [0, 0.05) is 12.1 Å². The highest BCUT2D eigenvalue weighted by Crippen LogP contribution is 2.12. The van der Waals surface area contributed by atoms with Crippen LogP contribution >= 0.6 is 12.6 Å². The molecule has 0 aliphatic rings. The van der Waals surface area contributed by atoms with Crippen LogP contribution in [0.2, 0.25) is 0 Å². The molecule has 0 aliphatic heterocycles. The minimum atomic E-state index is -0.00651. The van der Waals surface area contributed by atoms with Gasteiger partial charge in [-0.25, -0.2) is 0 Å². The number of rotatable bonds is 8. The third-order valence-corrected chi connectivity index (χ3v) is 3.02. The highest BCUT2D eigenvalue weighted by Gasteiger charge is 2.02. The van der Waals surface area contributed by atoms with Crippen LogP contribution in [0.5, 0.6) is 0 Å². The Bertz CT molecular complexity index is 369. The Hall–Kier alpha value is -1.00. The molecule has 4 heteroatoms. The van der Waals surface area contributed by atoms with Gasteiger partial charge in [0.05, 0.1) is 6.61 Å². The second kappa shape index (κ2) is 9.00. The van der Waals surface area contributed by atoms with Crippen molar-refractivity contribution in [1.29, 1.82) is 0 Å². The van der Waals surface area contributed by atoms with Gasteiger partial charge in [0.2, 0.25) is 5.91 Å². The SMILES string of the molecule is O=C(CCCCCCS)Nc1cccc(CO)c1. The predicted molar refractivity (Wildman–Crippen MR) is 77.9 cm³/mol. The quantitative estimate of drug-likeness (QED) is 0.501. The smallest absolute Gasteiger partial charge is 0.224 e. The van der Waals surface area contributed by atoms with E-state index in [4.69, 9.17) is 5.11 Å². The van der Waals surface area contributed by atoms with E-state index in [0.717, 1.165) is 42.7 Å². The first-order valence-electron chi connectivity index (χ1n) is 6.37. The number of unbranched alkanes of at least 4 members (excludes halogenated alkanes) is 3. The Morgan fingerprint density at radius 2 is 2.00 bits per heavy atom. The molecule has 1 aromatic rings. The van der Waals surface area contributed by atoms with Gasteiger partial charge >= 0.3 is 0 Å². The van der Waals surface area contributed by atoms with Gasteiger partial charge in [0.1, 0.15) is 0 Å². The Labute approximate surface area is 114 Å². The van der Waals surface area contributed by atoms with Crippen LogP contribution in [-0.4, -0.2) is 16.8 Å². The molecule has 1 amide bonds. The van der Waals surface area contributed by atoms with Crippen molar-refractivity contribution in [2.75, 3.05) is 11.1 Å². The zero-order chi connectivity index (χ0) is 13.2. The highest BCUT2D eigenvalue weighted by atomic mass is 32.1.